The minimum absolute atomic E-state index is 0.337. The Morgan fingerprint density at radius 3 is 2.93 bits per heavy atom. The molecule has 0 spiro atoms. The minimum atomic E-state index is 0.337. The normalized spacial score (nSPS) is 26.5. The Morgan fingerprint density at radius 2 is 2.20 bits per heavy atom. The van der Waals surface area contributed by atoms with Crippen LogP contribution in [0.25, 0.3) is 0 Å². The Labute approximate surface area is 90.9 Å². The number of nitrogens with two attached hydrogens (primary N) is 2. The number of rotatable bonds is 1. The standard InChI is InChI=1S/C12H19N3/c1-8-5-11(12(14)15-7-8)9-3-2-4-10(13)6-9/h5,7,9-10H,2-4,6,13H2,1H3,(H2,14,15). The van der Waals surface area contributed by atoms with Crippen LogP contribution in [0.2, 0.25) is 0 Å². The molecule has 1 fully saturated rings. The first-order valence-electron chi connectivity index (χ1n) is 5.64. The maximum Gasteiger partial charge on any atom is 0.126 e. The number of aryl methyl sites for hydroxylation is 1. The van der Waals surface area contributed by atoms with Gasteiger partial charge >= 0.3 is 0 Å². The summed E-state index contributed by atoms with van der Waals surface area (Å²) in [4.78, 5) is 4.22. The summed E-state index contributed by atoms with van der Waals surface area (Å²) in [6.45, 7) is 2.05. The molecule has 1 aliphatic carbocycles. The van der Waals surface area contributed by atoms with Gasteiger partial charge in [-0.15, -0.1) is 0 Å². The molecule has 0 bridgehead atoms. The Hall–Kier alpha value is -1.09. The largest absolute Gasteiger partial charge is 0.383 e. The van der Waals surface area contributed by atoms with E-state index in [0.717, 1.165) is 12.8 Å². The Balaban J connectivity index is 2.24. The van der Waals surface area contributed by atoms with E-state index in [2.05, 4.69) is 18.0 Å². The molecule has 2 unspecified atom stereocenters. The van der Waals surface area contributed by atoms with Crippen LogP contribution in [0.1, 0.15) is 42.7 Å². The third-order valence-corrected chi connectivity index (χ3v) is 3.24. The molecule has 1 saturated carbocycles. The molecule has 0 saturated heterocycles. The summed E-state index contributed by atoms with van der Waals surface area (Å²) in [5, 5.41) is 0. The van der Waals surface area contributed by atoms with E-state index in [1.807, 2.05) is 6.20 Å². The van der Waals surface area contributed by atoms with Gasteiger partial charge in [0.25, 0.3) is 0 Å². The van der Waals surface area contributed by atoms with Crippen LogP contribution >= 0.6 is 0 Å². The Morgan fingerprint density at radius 1 is 1.40 bits per heavy atom. The monoisotopic (exact) mass is 205 g/mol. The number of nitrogen functional groups attached to an aromatic ring is 1. The highest BCUT2D eigenvalue weighted by molar-refractivity contribution is 5.43. The molecule has 3 heteroatoms. The van der Waals surface area contributed by atoms with Crippen LogP contribution < -0.4 is 11.5 Å². The van der Waals surface area contributed by atoms with E-state index in [1.165, 1.54) is 24.0 Å². The molecule has 82 valence electrons. The second-order valence-electron chi connectivity index (χ2n) is 4.61. The van der Waals surface area contributed by atoms with E-state index in [1.54, 1.807) is 0 Å². The zero-order valence-electron chi connectivity index (χ0n) is 9.24. The maximum absolute atomic E-state index is 5.99. The van der Waals surface area contributed by atoms with Gasteiger partial charge in [-0.3, -0.25) is 0 Å². The van der Waals surface area contributed by atoms with E-state index < -0.39 is 0 Å². The van der Waals surface area contributed by atoms with Crippen molar-refractivity contribution in [3.05, 3.63) is 23.4 Å². The van der Waals surface area contributed by atoms with Crippen molar-refractivity contribution >= 4 is 5.82 Å². The lowest BCUT2D eigenvalue weighted by Gasteiger charge is -2.27. The average Bonchev–Trinajstić information content (AvgIpc) is 2.22. The van der Waals surface area contributed by atoms with Crippen molar-refractivity contribution in [1.29, 1.82) is 0 Å². The molecule has 15 heavy (non-hydrogen) atoms. The summed E-state index contributed by atoms with van der Waals surface area (Å²) in [7, 11) is 0. The van der Waals surface area contributed by atoms with Crippen molar-refractivity contribution in [3.63, 3.8) is 0 Å². The number of pyridine rings is 1. The highest BCUT2D eigenvalue weighted by Crippen LogP contribution is 2.34. The molecular weight excluding hydrogens is 186 g/mol. The summed E-state index contributed by atoms with van der Waals surface area (Å²) in [5.41, 5.74) is 14.3. The van der Waals surface area contributed by atoms with Crippen LogP contribution in [0.3, 0.4) is 0 Å². The molecule has 2 atom stereocenters. The highest BCUT2D eigenvalue weighted by Gasteiger charge is 2.22. The SMILES string of the molecule is Cc1cnc(N)c(C2CCCC(N)C2)c1. The van der Waals surface area contributed by atoms with Gasteiger partial charge in [-0.2, -0.15) is 0 Å². The summed E-state index contributed by atoms with van der Waals surface area (Å²) in [6.07, 6.45) is 6.43. The molecule has 0 amide bonds. The second kappa shape index (κ2) is 4.19. The molecule has 1 aliphatic rings. The van der Waals surface area contributed by atoms with Crippen molar-refractivity contribution in [2.24, 2.45) is 5.73 Å². The predicted octanol–water partition coefficient (Wildman–Crippen LogP) is 1.96. The molecule has 1 heterocycles. The second-order valence-corrected chi connectivity index (χ2v) is 4.61. The summed E-state index contributed by atoms with van der Waals surface area (Å²) >= 11 is 0. The van der Waals surface area contributed by atoms with Crippen LogP contribution in [-0.2, 0) is 0 Å². The molecule has 1 aromatic heterocycles. The van der Waals surface area contributed by atoms with E-state index >= 15 is 0 Å². The summed E-state index contributed by atoms with van der Waals surface area (Å²) in [6, 6.07) is 2.49. The van der Waals surface area contributed by atoms with Crippen LogP contribution in [-0.4, -0.2) is 11.0 Å². The quantitative estimate of drug-likeness (QED) is 0.736. The van der Waals surface area contributed by atoms with Crippen molar-refractivity contribution in [3.8, 4) is 0 Å². The number of anilines is 1. The molecule has 4 N–H and O–H groups in total. The van der Waals surface area contributed by atoms with Gasteiger partial charge in [-0.05, 0) is 43.2 Å². The van der Waals surface area contributed by atoms with Gasteiger partial charge in [0, 0.05) is 12.2 Å². The van der Waals surface area contributed by atoms with Crippen LogP contribution in [0, 0.1) is 6.92 Å². The average molecular weight is 205 g/mol. The molecular formula is C12H19N3. The van der Waals surface area contributed by atoms with Crippen molar-refractivity contribution in [1.82, 2.24) is 4.98 Å². The van der Waals surface area contributed by atoms with Crippen molar-refractivity contribution in [2.75, 3.05) is 5.73 Å². The molecule has 0 aliphatic heterocycles. The lowest BCUT2D eigenvalue weighted by molar-refractivity contribution is 0.393. The predicted molar refractivity (Wildman–Crippen MR) is 62.6 cm³/mol. The zero-order valence-corrected chi connectivity index (χ0v) is 9.24. The summed E-state index contributed by atoms with van der Waals surface area (Å²) < 4.78 is 0. The van der Waals surface area contributed by atoms with Gasteiger partial charge in [0.1, 0.15) is 5.82 Å². The maximum atomic E-state index is 5.99. The highest BCUT2D eigenvalue weighted by atomic mass is 14.8. The number of nitrogens with zero attached hydrogens (tertiary/aromatic N) is 1. The topological polar surface area (TPSA) is 64.9 Å². The van der Waals surface area contributed by atoms with Gasteiger partial charge in [-0.1, -0.05) is 12.5 Å². The van der Waals surface area contributed by atoms with Crippen molar-refractivity contribution in [2.45, 2.75) is 44.6 Å². The molecule has 3 nitrogen and oxygen atoms in total. The van der Waals surface area contributed by atoms with Crippen molar-refractivity contribution < 1.29 is 0 Å². The van der Waals surface area contributed by atoms with E-state index in [0.29, 0.717) is 17.8 Å². The third-order valence-electron chi connectivity index (χ3n) is 3.24. The van der Waals surface area contributed by atoms with E-state index in [4.69, 9.17) is 11.5 Å². The van der Waals surface area contributed by atoms with Crippen LogP contribution in [0.5, 0.6) is 0 Å². The van der Waals surface area contributed by atoms with E-state index in [9.17, 15) is 0 Å². The van der Waals surface area contributed by atoms with Crippen LogP contribution in [0.15, 0.2) is 12.3 Å². The van der Waals surface area contributed by atoms with Crippen LogP contribution in [0.4, 0.5) is 5.82 Å². The first-order valence-corrected chi connectivity index (χ1v) is 5.64. The van der Waals surface area contributed by atoms with Gasteiger partial charge in [-0.25, -0.2) is 4.98 Å². The smallest absolute Gasteiger partial charge is 0.126 e. The van der Waals surface area contributed by atoms with Gasteiger partial charge in [0.05, 0.1) is 0 Å². The van der Waals surface area contributed by atoms with Gasteiger partial charge in [0.2, 0.25) is 0 Å². The lowest BCUT2D eigenvalue weighted by atomic mass is 9.81. The fourth-order valence-electron chi connectivity index (χ4n) is 2.44. The Kier molecular flexibility index (Phi) is 2.91. The lowest BCUT2D eigenvalue weighted by Crippen LogP contribution is -2.27. The Bertz CT molecular complexity index is 349. The number of hydrogen-bond donors (Lipinski definition) is 2. The van der Waals surface area contributed by atoms with E-state index in [-0.39, 0.29) is 0 Å². The molecule has 1 aromatic rings. The van der Waals surface area contributed by atoms with Gasteiger partial charge < -0.3 is 11.5 Å². The summed E-state index contributed by atoms with van der Waals surface area (Å²) in [5.74, 6) is 1.20. The number of hydrogen-bond acceptors (Lipinski definition) is 3. The minimum Gasteiger partial charge on any atom is -0.383 e. The van der Waals surface area contributed by atoms with Gasteiger partial charge in [0.15, 0.2) is 0 Å². The fraction of sp³-hybridized carbons (Fsp3) is 0.583. The first-order chi connectivity index (χ1) is 7.16. The number of aromatic nitrogens is 1. The third kappa shape index (κ3) is 2.29. The fourth-order valence-corrected chi connectivity index (χ4v) is 2.44. The molecule has 0 aromatic carbocycles. The zero-order chi connectivity index (χ0) is 10.8. The molecule has 0 radical (unpaired) electrons. The first kappa shape index (κ1) is 10.4. The molecule has 2 rings (SSSR count).